The Morgan fingerprint density at radius 3 is 2.90 bits per heavy atom. The Kier molecular flexibility index (Phi) is 3.40. The van der Waals surface area contributed by atoms with Gasteiger partial charge in [-0.2, -0.15) is 0 Å². The second-order valence-corrected chi connectivity index (χ2v) is 5.98. The fourth-order valence-electron chi connectivity index (χ4n) is 2.29. The van der Waals surface area contributed by atoms with Gasteiger partial charge < -0.3 is 5.32 Å². The van der Waals surface area contributed by atoms with Gasteiger partial charge in [0, 0.05) is 17.3 Å². The number of nitrogens with zero attached hydrogens (tertiary/aromatic N) is 3. The minimum Gasteiger partial charge on any atom is -0.377 e. The zero-order valence-corrected chi connectivity index (χ0v) is 13.1. The SMILES string of the molecule is Cc1ccnc(Cl)c1NCc1c(C)nc2scc(C)n12. The van der Waals surface area contributed by atoms with Crippen molar-refractivity contribution in [3.63, 3.8) is 0 Å². The average Bonchev–Trinajstić information content (AvgIpc) is 2.90. The number of nitrogens with one attached hydrogen (secondary N) is 1. The van der Waals surface area contributed by atoms with E-state index in [1.807, 2.05) is 19.9 Å². The van der Waals surface area contributed by atoms with Gasteiger partial charge >= 0.3 is 0 Å². The second-order valence-electron chi connectivity index (χ2n) is 4.79. The lowest BCUT2D eigenvalue weighted by Gasteiger charge is -2.11. The van der Waals surface area contributed by atoms with Crippen LogP contribution >= 0.6 is 22.9 Å². The van der Waals surface area contributed by atoms with Crippen molar-refractivity contribution in [2.45, 2.75) is 27.3 Å². The Hall–Kier alpha value is -1.59. The van der Waals surface area contributed by atoms with Crippen molar-refractivity contribution in [1.29, 1.82) is 0 Å². The molecule has 0 saturated carbocycles. The monoisotopic (exact) mass is 306 g/mol. The number of fused-ring (bicyclic) bond motifs is 1. The molecule has 0 bridgehead atoms. The zero-order valence-electron chi connectivity index (χ0n) is 11.6. The van der Waals surface area contributed by atoms with Gasteiger partial charge in [-0.1, -0.05) is 11.6 Å². The lowest BCUT2D eigenvalue weighted by molar-refractivity contribution is 0.963. The first-order valence-electron chi connectivity index (χ1n) is 6.35. The van der Waals surface area contributed by atoms with Crippen LogP contribution in [-0.2, 0) is 6.54 Å². The largest absolute Gasteiger partial charge is 0.377 e. The Morgan fingerprint density at radius 2 is 2.15 bits per heavy atom. The molecule has 4 nitrogen and oxygen atoms in total. The maximum absolute atomic E-state index is 6.14. The summed E-state index contributed by atoms with van der Waals surface area (Å²) in [6, 6.07) is 1.95. The Balaban J connectivity index is 1.94. The van der Waals surface area contributed by atoms with Crippen LogP contribution in [0.4, 0.5) is 5.69 Å². The summed E-state index contributed by atoms with van der Waals surface area (Å²) in [6.45, 7) is 6.83. The van der Waals surface area contributed by atoms with Gasteiger partial charge in [0.25, 0.3) is 0 Å². The molecule has 3 aromatic rings. The molecule has 1 N–H and O–H groups in total. The number of rotatable bonds is 3. The van der Waals surface area contributed by atoms with Crippen LogP contribution in [-0.4, -0.2) is 14.4 Å². The molecule has 6 heteroatoms. The van der Waals surface area contributed by atoms with Crippen LogP contribution in [0.15, 0.2) is 17.6 Å². The third-order valence-corrected chi connectivity index (χ3v) is 4.61. The maximum Gasteiger partial charge on any atom is 0.194 e. The van der Waals surface area contributed by atoms with Gasteiger partial charge in [0.05, 0.1) is 23.6 Å². The molecule has 0 unspecified atom stereocenters. The van der Waals surface area contributed by atoms with Crippen LogP contribution in [0.1, 0.15) is 22.6 Å². The van der Waals surface area contributed by atoms with Crippen LogP contribution in [0.3, 0.4) is 0 Å². The highest BCUT2D eigenvalue weighted by atomic mass is 35.5. The van der Waals surface area contributed by atoms with Crippen molar-refractivity contribution in [1.82, 2.24) is 14.4 Å². The molecule has 0 aliphatic heterocycles. The first kappa shape index (κ1) is 13.4. The third kappa shape index (κ3) is 2.17. The van der Waals surface area contributed by atoms with Crippen molar-refractivity contribution in [3.05, 3.63) is 45.4 Å². The van der Waals surface area contributed by atoms with Gasteiger partial charge in [0.15, 0.2) is 10.1 Å². The summed E-state index contributed by atoms with van der Waals surface area (Å²) in [6.07, 6.45) is 1.72. The third-order valence-electron chi connectivity index (χ3n) is 3.38. The average molecular weight is 307 g/mol. The van der Waals surface area contributed by atoms with Gasteiger partial charge in [-0.25, -0.2) is 9.97 Å². The predicted octanol–water partition coefficient (Wildman–Crippen LogP) is 3.98. The van der Waals surface area contributed by atoms with Gasteiger partial charge in [0.1, 0.15) is 0 Å². The Labute approximate surface area is 126 Å². The van der Waals surface area contributed by atoms with Crippen LogP contribution in [0.2, 0.25) is 5.15 Å². The molecule has 0 saturated heterocycles. The molecule has 0 spiro atoms. The molecule has 3 aromatic heterocycles. The molecule has 0 aromatic carbocycles. The first-order chi connectivity index (χ1) is 9.58. The smallest absolute Gasteiger partial charge is 0.194 e. The fourth-order valence-corrected chi connectivity index (χ4v) is 3.49. The van der Waals surface area contributed by atoms with Crippen molar-refractivity contribution >= 4 is 33.6 Å². The van der Waals surface area contributed by atoms with E-state index < -0.39 is 0 Å². The lowest BCUT2D eigenvalue weighted by atomic mass is 10.2. The van der Waals surface area contributed by atoms with Crippen molar-refractivity contribution < 1.29 is 0 Å². The Morgan fingerprint density at radius 1 is 1.35 bits per heavy atom. The molecule has 104 valence electrons. The van der Waals surface area contributed by atoms with E-state index in [1.54, 1.807) is 17.5 Å². The minimum absolute atomic E-state index is 0.505. The summed E-state index contributed by atoms with van der Waals surface area (Å²) in [7, 11) is 0. The normalized spacial score (nSPS) is 11.2. The summed E-state index contributed by atoms with van der Waals surface area (Å²) in [5.41, 5.74) is 5.39. The molecule has 0 atom stereocenters. The predicted molar refractivity (Wildman–Crippen MR) is 83.9 cm³/mol. The number of hydrogen-bond acceptors (Lipinski definition) is 4. The minimum atomic E-state index is 0.505. The summed E-state index contributed by atoms with van der Waals surface area (Å²) >= 11 is 7.81. The number of aryl methyl sites for hydroxylation is 3. The topological polar surface area (TPSA) is 42.2 Å². The van der Waals surface area contributed by atoms with Crippen LogP contribution in [0.5, 0.6) is 0 Å². The van der Waals surface area contributed by atoms with E-state index in [0.717, 1.165) is 27.6 Å². The van der Waals surface area contributed by atoms with Crippen molar-refractivity contribution in [3.8, 4) is 0 Å². The van der Waals surface area contributed by atoms with E-state index in [1.165, 1.54) is 5.69 Å². The highest BCUT2D eigenvalue weighted by Gasteiger charge is 2.13. The lowest BCUT2D eigenvalue weighted by Crippen LogP contribution is -2.06. The van der Waals surface area contributed by atoms with E-state index in [4.69, 9.17) is 11.6 Å². The molecular weight excluding hydrogens is 292 g/mol. The number of aromatic nitrogens is 3. The van der Waals surface area contributed by atoms with Crippen LogP contribution in [0.25, 0.3) is 4.96 Å². The molecule has 0 radical (unpaired) electrons. The quantitative estimate of drug-likeness (QED) is 0.744. The van der Waals surface area contributed by atoms with Gasteiger partial charge in [-0.05, 0) is 32.4 Å². The number of pyridine rings is 1. The van der Waals surface area contributed by atoms with Crippen molar-refractivity contribution in [2.24, 2.45) is 0 Å². The fraction of sp³-hybridized carbons (Fsp3) is 0.286. The summed E-state index contributed by atoms with van der Waals surface area (Å²) in [5.74, 6) is 0. The van der Waals surface area contributed by atoms with E-state index in [9.17, 15) is 0 Å². The number of anilines is 1. The molecule has 0 aliphatic rings. The first-order valence-corrected chi connectivity index (χ1v) is 7.60. The Bertz CT molecular complexity index is 755. The molecular formula is C14H15ClN4S. The highest BCUT2D eigenvalue weighted by molar-refractivity contribution is 7.15. The number of hydrogen-bond donors (Lipinski definition) is 1. The highest BCUT2D eigenvalue weighted by Crippen LogP contribution is 2.25. The number of halogens is 1. The molecule has 0 fully saturated rings. The summed E-state index contributed by atoms with van der Waals surface area (Å²) in [4.78, 5) is 9.73. The molecule has 0 aliphatic carbocycles. The second kappa shape index (κ2) is 5.07. The molecule has 3 rings (SSSR count). The molecule has 20 heavy (non-hydrogen) atoms. The number of imidazole rings is 1. The van der Waals surface area contributed by atoms with Crippen LogP contribution in [0, 0.1) is 20.8 Å². The maximum atomic E-state index is 6.14. The summed E-state index contributed by atoms with van der Waals surface area (Å²) < 4.78 is 2.19. The van der Waals surface area contributed by atoms with E-state index in [0.29, 0.717) is 11.7 Å². The van der Waals surface area contributed by atoms with E-state index >= 15 is 0 Å². The molecule has 0 amide bonds. The zero-order chi connectivity index (χ0) is 14.3. The van der Waals surface area contributed by atoms with E-state index in [2.05, 4.69) is 32.0 Å². The van der Waals surface area contributed by atoms with Gasteiger partial charge in [-0.15, -0.1) is 11.3 Å². The van der Waals surface area contributed by atoms with E-state index in [-0.39, 0.29) is 0 Å². The van der Waals surface area contributed by atoms with Crippen molar-refractivity contribution in [2.75, 3.05) is 5.32 Å². The standard InChI is InChI=1S/C14H15ClN4S/c1-8-4-5-16-13(15)12(8)17-6-11-10(3)18-14-19(11)9(2)7-20-14/h4-5,7,17H,6H2,1-3H3. The van der Waals surface area contributed by atoms with Gasteiger partial charge in [0.2, 0.25) is 0 Å². The molecule has 3 heterocycles. The van der Waals surface area contributed by atoms with Crippen LogP contribution < -0.4 is 5.32 Å². The summed E-state index contributed by atoms with van der Waals surface area (Å²) in [5, 5.41) is 6.01. The van der Waals surface area contributed by atoms with Gasteiger partial charge in [-0.3, -0.25) is 4.40 Å². The number of thiazole rings is 1.